The number of esters is 1. The fraction of sp³-hybridized carbons (Fsp3) is 0.550. The first-order valence-corrected chi connectivity index (χ1v) is 10.5. The van der Waals surface area contributed by atoms with E-state index in [9.17, 15) is 14.4 Å². The predicted octanol–water partition coefficient (Wildman–Crippen LogP) is 2.88. The lowest BCUT2D eigenvalue weighted by molar-refractivity contribution is -0.158. The summed E-state index contributed by atoms with van der Waals surface area (Å²) in [7, 11) is 0. The van der Waals surface area contributed by atoms with Crippen molar-refractivity contribution in [3.8, 4) is 0 Å². The summed E-state index contributed by atoms with van der Waals surface area (Å²) < 4.78 is 10.5. The topological polar surface area (TPSA) is 93.7 Å². The first-order valence-electron chi connectivity index (χ1n) is 9.11. The summed E-state index contributed by atoms with van der Waals surface area (Å²) >= 11 is 1.57. The molecule has 0 heterocycles. The highest BCUT2D eigenvalue weighted by molar-refractivity contribution is 7.98. The summed E-state index contributed by atoms with van der Waals surface area (Å²) in [6.45, 7) is 6.94. The third-order valence-electron chi connectivity index (χ3n) is 3.56. The van der Waals surface area contributed by atoms with Gasteiger partial charge in [-0.2, -0.15) is 11.8 Å². The number of alkyl carbamates (subject to hydrolysis) is 1. The minimum atomic E-state index is -0.859. The molecule has 0 fully saturated rings. The number of ether oxygens (including phenoxy) is 2. The molecule has 0 radical (unpaired) electrons. The van der Waals surface area contributed by atoms with E-state index in [1.807, 2.05) is 36.6 Å². The van der Waals surface area contributed by atoms with Gasteiger partial charge in [0.15, 0.2) is 0 Å². The molecule has 0 spiro atoms. The number of nitrogens with one attached hydrogen (secondary N) is 2. The lowest BCUT2D eigenvalue weighted by Gasteiger charge is -2.25. The molecule has 156 valence electrons. The maximum Gasteiger partial charge on any atom is 0.408 e. The third kappa shape index (κ3) is 9.64. The molecule has 1 aromatic rings. The Morgan fingerprint density at radius 2 is 1.75 bits per heavy atom. The highest BCUT2D eigenvalue weighted by atomic mass is 32.2. The number of carbonyl (C=O) groups excluding carboxylic acids is 3. The molecule has 0 saturated carbocycles. The van der Waals surface area contributed by atoms with Crippen LogP contribution in [-0.2, 0) is 25.7 Å². The second-order valence-corrected chi connectivity index (χ2v) is 8.29. The zero-order chi connectivity index (χ0) is 21.2. The Labute approximate surface area is 170 Å². The highest BCUT2D eigenvalue weighted by Gasteiger charge is 2.28. The van der Waals surface area contributed by atoms with Crippen LogP contribution in [0.5, 0.6) is 0 Å². The van der Waals surface area contributed by atoms with Crippen LogP contribution < -0.4 is 10.6 Å². The summed E-state index contributed by atoms with van der Waals surface area (Å²) in [5.74, 6) is -0.284. The minimum Gasteiger partial charge on any atom is -0.458 e. The van der Waals surface area contributed by atoms with Crippen molar-refractivity contribution in [2.75, 3.05) is 12.0 Å². The molecule has 1 rings (SSSR count). The summed E-state index contributed by atoms with van der Waals surface area (Å²) in [6, 6.07) is 7.59. The quantitative estimate of drug-likeness (QED) is 0.608. The summed E-state index contributed by atoms with van der Waals surface area (Å²) in [5.41, 5.74) is 0.196. The van der Waals surface area contributed by atoms with Gasteiger partial charge in [-0.25, -0.2) is 9.59 Å². The average Bonchev–Trinajstić information content (AvgIpc) is 2.62. The van der Waals surface area contributed by atoms with Crippen molar-refractivity contribution in [2.45, 2.75) is 58.4 Å². The number of amides is 2. The van der Waals surface area contributed by atoms with Crippen LogP contribution >= 0.6 is 11.8 Å². The molecule has 0 aliphatic heterocycles. The zero-order valence-corrected chi connectivity index (χ0v) is 17.9. The van der Waals surface area contributed by atoms with Crippen molar-refractivity contribution in [2.24, 2.45) is 0 Å². The van der Waals surface area contributed by atoms with Gasteiger partial charge in [-0.15, -0.1) is 0 Å². The average molecular weight is 411 g/mol. The molecule has 2 N–H and O–H groups in total. The van der Waals surface area contributed by atoms with Gasteiger partial charge in [-0.1, -0.05) is 30.3 Å². The minimum absolute atomic E-state index is 0.106. The zero-order valence-electron chi connectivity index (χ0n) is 17.1. The molecule has 0 aliphatic rings. The number of benzene rings is 1. The van der Waals surface area contributed by atoms with Crippen LogP contribution in [0, 0.1) is 0 Å². The second-order valence-electron chi connectivity index (χ2n) is 7.30. The standard InChI is InChI=1S/C20H30N2O5S/c1-14(21-19(25)26-13-15-9-7-6-8-10-15)17(23)22-16(11-12-28-5)18(24)27-20(2,3)4/h6-10,14,16H,11-13H2,1-5H3,(H,21,25)(H,22,23)/t14-,16-/m0/s1. The van der Waals surface area contributed by atoms with Gasteiger partial charge in [0.2, 0.25) is 5.91 Å². The second kappa shape index (κ2) is 11.6. The van der Waals surface area contributed by atoms with E-state index >= 15 is 0 Å². The Hall–Kier alpha value is -2.22. The Morgan fingerprint density at radius 1 is 1.11 bits per heavy atom. The first-order chi connectivity index (χ1) is 13.1. The predicted molar refractivity (Wildman–Crippen MR) is 110 cm³/mol. The summed E-state index contributed by atoms with van der Waals surface area (Å²) in [5, 5.41) is 5.12. The number of hydrogen-bond acceptors (Lipinski definition) is 6. The number of thioether (sulfide) groups is 1. The Balaban J connectivity index is 2.55. The van der Waals surface area contributed by atoms with Crippen LogP contribution in [0.1, 0.15) is 39.7 Å². The Bertz CT molecular complexity index is 646. The Morgan fingerprint density at radius 3 is 2.32 bits per heavy atom. The van der Waals surface area contributed by atoms with E-state index < -0.39 is 35.7 Å². The van der Waals surface area contributed by atoms with Gasteiger partial charge in [0.1, 0.15) is 24.3 Å². The van der Waals surface area contributed by atoms with Crippen molar-refractivity contribution in [1.82, 2.24) is 10.6 Å². The highest BCUT2D eigenvalue weighted by Crippen LogP contribution is 2.11. The van der Waals surface area contributed by atoms with E-state index in [0.29, 0.717) is 12.2 Å². The maximum atomic E-state index is 12.4. The fourth-order valence-corrected chi connectivity index (χ4v) is 2.63. The molecule has 0 aliphatic carbocycles. The van der Waals surface area contributed by atoms with E-state index in [1.54, 1.807) is 32.5 Å². The molecular formula is C20H30N2O5S. The van der Waals surface area contributed by atoms with Gasteiger partial charge >= 0.3 is 12.1 Å². The van der Waals surface area contributed by atoms with Gasteiger partial charge in [0.05, 0.1) is 0 Å². The largest absolute Gasteiger partial charge is 0.458 e. The maximum absolute atomic E-state index is 12.4. The SMILES string of the molecule is CSCC[C@H](NC(=O)[C@H](C)NC(=O)OCc1ccccc1)C(=O)OC(C)(C)C. The number of hydrogen-bond donors (Lipinski definition) is 2. The van der Waals surface area contributed by atoms with Crippen molar-refractivity contribution in [3.05, 3.63) is 35.9 Å². The van der Waals surface area contributed by atoms with Crippen LogP contribution in [0.2, 0.25) is 0 Å². The Kier molecular flexibility index (Phi) is 9.85. The van der Waals surface area contributed by atoms with E-state index in [1.165, 1.54) is 6.92 Å². The molecule has 1 aromatic carbocycles. The van der Waals surface area contributed by atoms with Crippen LogP contribution in [0.4, 0.5) is 4.79 Å². The first kappa shape index (κ1) is 23.8. The molecule has 2 amide bonds. The van der Waals surface area contributed by atoms with Crippen LogP contribution in [0.25, 0.3) is 0 Å². The number of rotatable bonds is 9. The van der Waals surface area contributed by atoms with Crippen LogP contribution in [-0.4, -0.2) is 47.7 Å². The molecule has 0 bridgehead atoms. The van der Waals surface area contributed by atoms with Gasteiger partial charge in [0, 0.05) is 0 Å². The van der Waals surface area contributed by atoms with Crippen molar-refractivity contribution >= 4 is 29.7 Å². The summed E-state index contributed by atoms with van der Waals surface area (Å²) in [6.07, 6.45) is 1.65. The van der Waals surface area contributed by atoms with E-state index in [4.69, 9.17) is 9.47 Å². The lowest BCUT2D eigenvalue weighted by atomic mass is 10.1. The molecule has 28 heavy (non-hydrogen) atoms. The molecule has 0 aromatic heterocycles. The molecule has 8 heteroatoms. The molecule has 0 saturated heterocycles. The van der Waals surface area contributed by atoms with E-state index in [-0.39, 0.29) is 6.61 Å². The van der Waals surface area contributed by atoms with Gasteiger partial charge in [0.25, 0.3) is 0 Å². The van der Waals surface area contributed by atoms with Gasteiger partial charge in [-0.3, -0.25) is 4.79 Å². The van der Waals surface area contributed by atoms with Gasteiger partial charge < -0.3 is 20.1 Å². The van der Waals surface area contributed by atoms with Crippen molar-refractivity contribution in [1.29, 1.82) is 0 Å². The van der Waals surface area contributed by atoms with Crippen LogP contribution in [0.3, 0.4) is 0 Å². The lowest BCUT2D eigenvalue weighted by Crippen LogP contribution is -2.51. The van der Waals surface area contributed by atoms with E-state index in [0.717, 1.165) is 5.56 Å². The monoisotopic (exact) mass is 410 g/mol. The fourth-order valence-electron chi connectivity index (χ4n) is 2.16. The molecule has 0 unspecified atom stereocenters. The van der Waals surface area contributed by atoms with Gasteiger partial charge in [-0.05, 0) is 51.7 Å². The van der Waals surface area contributed by atoms with Crippen molar-refractivity contribution < 1.29 is 23.9 Å². The summed E-state index contributed by atoms with van der Waals surface area (Å²) in [4.78, 5) is 36.6. The third-order valence-corrected chi connectivity index (χ3v) is 4.20. The normalized spacial score (nSPS) is 13.2. The number of carbonyl (C=O) groups is 3. The smallest absolute Gasteiger partial charge is 0.408 e. The van der Waals surface area contributed by atoms with E-state index in [2.05, 4.69) is 10.6 Å². The molecule has 7 nitrogen and oxygen atoms in total. The molecule has 2 atom stereocenters. The molecular weight excluding hydrogens is 380 g/mol. The van der Waals surface area contributed by atoms with Crippen LogP contribution in [0.15, 0.2) is 30.3 Å². The van der Waals surface area contributed by atoms with Crippen molar-refractivity contribution in [3.63, 3.8) is 0 Å².